The van der Waals surface area contributed by atoms with E-state index in [9.17, 15) is 10.1 Å². The fourth-order valence-corrected chi connectivity index (χ4v) is 2.99. The van der Waals surface area contributed by atoms with Crippen LogP contribution in [0.1, 0.15) is 11.1 Å². The van der Waals surface area contributed by atoms with Crippen molar-refractivity contribution in [3.63, 3.8) is 0 Å². The smallest absolute Gasteiger partial charge is 0.261 e. The molecule has 5 heteroatoms. The highest BCUT2D eigenvalue weighted by molar-refractivity contribution is 6.03. The van der Waals surface area contributed by atoms with E-state index in [0.29, 0.717) is 13.2 Å². The molecule has 0 unspecified atom stereocenters. The molecule has 0 radical (unpaired) electrons. The second kappa shape index (κ2) is 8.24. The number of likely N-dealkylation sites (N-methyl/N-ethyl adjacent to an activating group) is 1. The Balaban J connectivity index is 1.87. The van der Waals surface area contributed by atoms with Crippen LogP contribution in [0.4, 0.5) is 0 Å². The van der Waals surface area contributed by atoms with E-state index in [1.54, 1.807) is 6.08 Å². The number of hydrogen-bond acceptors (Lipinski definition) is 3. The number of nitriles is 1. The summed E-state index contributed by atoms with van der Waals surface area (Å²) in [7, 11) is 1.51. The highest BCUT2D eigenvalue weighted by Crippen LogP contribution is 2.24. The summed E-state index contributed by atoms with van der Waals surface area (Å²) in [5, 5.41) is 12.7. The van der Waals surface area contributed by atoms with Crippen LogP contribution in [0.15, 0.2) is 60.3 Å². The van der Waals surface area contributed by atoms with Crippen molar-refractivity contribution in [1.29, 1.82) is 5.26 Å². The van der Waals surface area contributed by atoms with Gasteiger partial charge in [0.15, 0.2) is 0 Å². The summed E-state index contributed by atoms with van der Waals surface area (Å²) in [6, 6.07) is 17.8. The third kappa shape index (κ3) is 4.01. The van der Waals surface area contributed by atoms with E-state index in [0.717, 1.165) is 27.8 Å². The molecule has 1 amide bonds. The van der Waals surface area contributed by atoms with Gasteiger partial charge < -0.3 is 14.6 Å². The van der Waals surface area contributed by atoms with Crippen LogP contribution >= 0.6 is 0 Å². The Kier molecular flexibility index (Phi) is 5.58. The predicted octanol–water partition coefficient (Wildman–Crippen LogP) is 3.68. The minimum Gasteiger partial charge on any atom is -0.491 e. The van der Waals surface area contributed by atoms with E-state index in [2.05, 4.69) is 9.88 Å². The number of ether oxygens (including phenoxy) is 1. The van der Waals surface area contributed by atoms with Crippen LogP contribution < -0.4 is 10.1 Å². The van der Waals surface area contributed by atoms with E-state index >= 15 is 0 Å². The van der Waals surface area contributed by atoms with Gasteiger partial charge in [-0.05, 0) is 30.7 Å². The van der Waals surface area contributed by atoms with Crippen molar-refractivity contribution in [2.45, 2.75) is 13.5 Å². The molecule has 3 rings (SSSR count). The topological polar surface area (TPSA) is 67.0 Å². The quantitative estimate of drug-likeness (QED) is 0.539. The van der Waals surface area contributed by atoms with Crippen LogP contribution in [-0.2, 0) is 11.3 Å². The molecule has 0 aliphatic carbocycles. The second-order valence-corrected chi connectivity index (χ2v) is 6.16. The van der Waals surface area contributed by atoms with Crippen LogP contribution in [0.5, 0.6) is 5.75 Å². The summed E-state index contributed by atoms with van der Waals surface area (Å²) in [5.41, 5.74) is 3.05. The second-order valence-electron chi connectivity index (χ2n) is 6.16. The van der Waals surface area contributed by atoms with Gasteiger partial charge >= 0.3 is 0 Å². The molecule has 1 N–H and O–H groups in total. The lowest BCUT2D eigenvalue weighted by Gasteiger charge is -2.10. The Labute approximate surface area is 158 Å². The molecule has 0 saturated heterocycles. The first-order valence-corrected chi connectivity index (χ1v) is 8.74. The number of carbonyl (C=O) groups excluding carboxylic acids is 1. The fraction of sp³-hybridized carbons (Fsp3) is 0.182. The zero-order chi connectivity index (χ0) is 19.2. The Bertz CT molecular complexity index is 1040. The molecule has 0 fully saturated rings. The highest BCUT2D eigenvalue weighted by Gasteiger charge is 2.11. The summed E-state index contributed by atoms with van der Waals surface area (Å²) < 4.78 is 7.99. The number of hydrogen-bond donors (Lipinski definition) is 1. The summed E-state index contributed by atoms with van der Waals surface area (Å²) in [4.78, 5) is 11.8. The molecule has 0 atom stereocenters. The van der Waals surface area contributed by atoms with Crippen LogP contribution in [0.3, 0.4) is 0 Å². The van der Waals surface area contributed by atoms with Crippen molar-refractivity contribution in [3.05, 3.63) is 71.4 Å². The Morgan fingerprint density at radius 1 is 1.22 bits per heavy atom. The zero-order valence-corrected chi connectivity index (χ0v) is 15.4. The number of amides is 1. The number of aryl methyl sites for hydroxylation is 1. The van der Waals surface area contributed by atoms with E-state index in [-0.39, 0.29) is 5.57 Å². The van der Waals surface area contributed by atoms with Gasteiger partial charge in [-0.1, -0.05) is 36.4 Å². The molecule has 0 aliphatic heterocycles. The van der Waals surface area contributed by atoms with Crippen LogP contribution in [0.2, 0.25) is 0 Å². The van der Waals surface area contributed by atoms with Crippen LogP contribution in [-0.4, -0.2) is 24.1 Å². The lowest BCUT2D eigenvalue weighted by atomic mass is 10.1. The van der Waals surface area contributed by atoms with Gasteiger partial charge in [-0.15, -0.1) is 0 Å². The largest absolute Gasteiger partial charge is 0.491 e. The van der Waals surface area contributed by atoms with Crippen molar-refractivity contribution >= 4 is 22.9 Å². The summed E-state index contributed by atoms with van der Waals surface area (Å²) in [5.74, 6) is 0.484. The molecule has 136 valence electrons. The van der Waals surface area contributed by atoms with Gasteiger partial charge in [0.1, 0.15) is 24.0 Å². The molecule has 0 saturated carbocycles. The zero-order valence-electron chi connectivity index (χ0n) is 15.4. The number of nitrogens with one attached hydrogen (secondary N) is 1. The average molecular weight is 359 g/mol. The maximum Gasteiger partial charge on any atom is 0.261 e. The number of fused-ring (bicyclic) bond motifs is 1. The van der Waals surface area contributed by atoms with Gasteiger partial charge in [-0.3, -0.25) is 4.79 Å². The molecule has 0 bridgehead atoms. The van der Waals surface area contributed by atoms with Gasteiger partial charge in [0.05, 0.1) is 6.54 Å². The molecular weight excluding hydrogens is 338 g/mol. The van der Waals surface area contributed by atoms with Crippen LogP contribution in [0, 0.1) is 18.3 Å². The lowest BCUT2D eigenvalue weighted by molar-refractivity contribution is -0.116. The average Bonchev–Trinajstić information content (AvgIpc) is 3.04. The van der Waals surface area contributed by atoms with Crippen molar-refractivity contribution in [1.82, 2.24) is 9.88 Å². The van der Waals surface area contributed by atoms with Crippen molar-refractivity contribution in [3.8, 4) is 11.8 Å². The monoisotopic (exact) mass is 359 g/mol. The SMILES string of the molecule is CNC(=O)/C(C#N)=C/c1cn(CCOc2ccccc2C)c2ccccc12. The molecule has 2 aromatic carbocycles. The third-order valence-electron chi connectivity index (χ3n) is 4.39. The third-order valence-corrected chi connectivity index (χ3v) is 4.39. The molecule has 1 aromatic heterocycles. The Hall–Kier alpha value is -3.52. The van der Waals surface area contributed by atoms with Crippen molar-refractivity contribution in [2.75, 3.05) is 13.7 Å². The molecular formula is C22H21N3O2. The predicted molar refractivity (Wildman–Crippen MR) is 106 cm³/mol. The summed E-state index contributed by atoms with van der Waals surface area (Å²) >= 11 is 0. The lowest BCUT2D eigenvalue weighted by Crippen LogP contribution is -2.19. The minimum absolute atomic E-state index is 0.0802. The van der Waals surface area contributed by atoms with Crippen molar-refractivity contribution in [2.24, 2.45) is 0 Å². The Morgan fingerprint density at radius 2 is 1.96 bits per heavy atom. The standard InChI is InChI=1S/C22H21N3O2/c1-16-7-3-6-10-21(16)27-12-11-25-15-18(13-17(14-23)22(26)24-2)19-8-4-5-9-20(19)25/h3-10,13,15H,11-12H2,1-2H3,(H,24,26)/b17-13+. The number of nitrogens with zero attached hydrogens (tertiary/aromatic N) is 2. The molecule has 27 heavy (non-hydrogen) atoms. The molecule has 0 spiro atoms. The molecule has 0 aliphatic rings. The van der Waals surface area contributed by atoms with Gasteiger partial charge in [-0.2, -0.15) is 5.26 Å². The number of rotatable bonds is 6. The normalized spacial score (nSPS) is 11.2. The molecule has 3 aromatic rings. The van der Waals surface area contributed by atoms with Gasteiger partial charge in [0.25, 0.3) is 5.91 Å². The van der Waals surface area contributed by atoms with E-state index in [4.69, 9.17) is 4.74 Å². The van der Waals surface area contributed by atoms with Gasteiger partial charge in [0.2, 0.25) is 0 Å². The summed E-state index contributed by atoms with van der Waals surface area (Å²) in [6.07, 6.45) is 3.58. The fourth-order valence-electron chi connectivity index (χ4n) is 2.99. The maximum absolute atomic E-state index is 11.8. The first-order valence-electron chi connectivity index (χ1n) is 8.74. The minimum atomic E-state index is -0.391. The van der Waals surface area contributed by atoms with Crippen molar-refractivity contribution < 1.29 is 9.53 Å². The first kappa shape index (κ1) is 18.3. The van der Waals surface area contributed by atoms with Gasteiger partial charge in [-0.25, -0.2) is 0 Å². The molecule has 1 heterocycles. The number of para-hydroxylation sites is 2. The van der Waals surface area contributed by atoms with E-state index in [1.165, 1.54) is 7.05 Å². The number of aromatic nitrogens is 1. The molecule has 5 nitrogen and oxygen atoms in total. The summed E-state index contributed by atoms with van der Waals surface area (Å²) in [6.45, 7) is 3.20. The highest BCUT2D eigenvalue weighted by atomic mass is 16.5. The maximum atomic E-state index is 11.8. The van der Waals surface area contributed by atoms with E-state index in [1.807, 2.05) is 67.7 Å². The van der Waals surface area contributed by atoms with E-state index < -0.39 is 5.91 Å². The van der Waals surface area contributed by atoms with Crippen LogP contribution in [0.25, 0.3) is 17.0 Å². The number of carbonyl (C=O) groups is 1. The van der Waals surface area contributed by atoms with Gasteiger partial charge in [0, 0.05) is 29.7 Å². The number of benzene rings is 2. The Morgan fingerprint density at radius 3 is 2.70 bits per heavy atom. The first-order chi connectivity index (χ1) is 13.1.